The minimum Gasteiger partial charge on any atom is -0.480 e. The molecule has 0 radical (unpaired) electrons. The maximum atomic E-state index is 14.2. The van der Waals surface area contributed by atoms with Gasteiger partial charge in [-0.15, -0.1) is 0 Å². The number of methoxy groups -OCH3 is 2. The number of amides is 3. The van der Waals surface area contributed by atoms with E-state index < -0.39 is 42.3 Å². The fourth-order valence-electron chi connectivity index (χ4n) is 7.40. The number of carbonyl (C=O) groups is 4. The molecular weight excluding hydrogens is 683 g/mol. The molecule has 0 aliphatic carbocycles. The molecule has 1 fully saturated rings. The van der Waals surface area contributed by atoms with Gasteiger partial charge in [0.15, 0.2) is 0 Å². The molecule has 0 aromatic heterocycles. The van der Waals surface area contributed by atoms with Crippen LogP contribution in [0, 0.1) is 23.7 Å². The third kappa shape index (κ3) is 11.9. The number of ether oxygens (including phenoxy) is 2. The average Bonchev–Trinajstić information content (AvgIpc) is 3.59. The van der Waals surface area contributed by atoms with Crippen molar-refractivity contribution in [1.29, 1.82) is 0 Å². The number of rotatable bonds is 21. The van der Waals surface area contributed by atoms with Crippen LogP contribution in [0.25, 0.3) is 0 Å². The summed E-state index contributed by atoms with van der Waals surface area (Å²) in [6, 6.07) is 6.53. The summed E-state index contributed by atoms with van der Waals surface area (Å²) in [6.45, 7) is 14.2. The SMILES string of the molecule is CC[C@H](C)[C@@H]([C@@H](CC(=O)N1CCC[C@H]1[C@H](OC)C(C)C(=S)N[C@@H](Cc1ccccc1)C(=O)O)OC)N(C)C(=O)[C@@H](NC(=O)[C@@H](NC)C(C)C)C(C)C. The molecule has 1 aliphatic heterocycles. The van der Waals surface area contributed by atoms with Crippen molar-refractivity contribution < 1.29 is 33.8 Å². The Hall–Kier alpha value is -3.13. The van der Waals surface area contributed by atoms with E-state index in [0.717, 1.165) is 18.4 Å². The molecule has 13 heteroatoms. The Morgan fingerprint density at radius 1 is 0.981 bits per heavy atom. The summed E-state index contributed by atoms with van der Waals surface area (Å²) >= 11 is 5.74. The van der Waals surface area contributed by atoms with Crippen LogP contribution >= 0.6 is 12.2 Å². The second-order valence-corrected chi connectivity index (χ2v) is 15.4. The second-order valence-electron chi connectivity index (χ2n) is 14.9. The number of likely N-dealkylation sites (tertiary alicyclic amines) is 1. The Morgan fingerprint density at radius 2 is 1.60 bits per heavy atom. The number of carbonyl (C=O) groups excluding carboxylic acids is 3. The lowest BCUT2D eigenvalue weighted by atomic mass is 9.89. The van der Waals surface area contributed by atoms with Crippen LogP contribution in [0.5, 0.6) is 0 Å². The number of nitrogens with one attached hydrogen (secondary N) is 3. The molecular formula is C39H65N5O7S. The van der Waals surface area contributed by atoms with Gasteiger partial charge in [0.1, 0.15) is 12.1 Å². The van der Waals surface area contributed by atoms with Crippen molar-refractivity contribution in [2.45, 2.75) is 123 Å². The lowest BCUT2D eigenvalue weighted by molar-refractivity contribution is -0.147. The van der Waals surface area contributed by atoms with Crippen LogP contribution in [0.2, 0.25) is 0 Å². The summed E-state index contributed by atoms with van der Waals surface area (Å²) in [4.78, 5) is 57.5. The van der Waals surface area contributed by atoms with Gasteiger partial charge in [-0.25, -0.2) is 4.79 Å². The summed E-state index contributed by atoms with van der Waals surface area (Å²) in [7, 11) is 6.61. The third-order valence-electron chi connectivity index (χ3n) is 10.6. The number of carboxylic acids is 1. The molecule has 1 aliphatic rings. The fourth-order valence-corrected chi connectivity index (χ4v) is 7.68. The van der Waals surface area contributed by atoms with Gasteiger partial charge in [0.05, 0.1) is 41.7 Å². The Bertz CT molecular complexity index is 1310. The molecule has 4 N–H and O–H groups in total. The van der Waals surface area contributed by atoms with E-state index in [-0.39, 0.29) is 60.3 Å². The first-order valence-electron chi connectivity index (χ1n) is 18.7. The van der Waals surface area contributed by atoms with E-state index in [9.17, 15) is 24.3 Å². The second kappa shape index (κ2) is 21.5. The lowest BCUT2D eigenvalue weighted by Gasteiger charge is -2.41. The minimum atomic E-state index is -1.00. The van der Waals surface area contributed by atoms with E-state index in [4.69, 9.17) is 21.7 Å². The molecule has 1 heterocycles. The van der Waals surface area contributed by atoms with Crippen molar-refractivity contribution in [3.8, 4) is 0 Å². The number of thiocarbonyl (C=S) groups is 1. The van der Waals surface area contributed by atoms with E-state index >= 15 is 0 Å². The largest absolute Gasteiger partial charge is 0.480 e. The Morgan fingerprint density at radius 3 is 2.10 bits per heavy atom. The number of likely N-dealkylation sites (N-methyl/N-ethyl adjacent to an activating group) is 2. The predicted molar refractivity (Wildman–Crippen MR) is 208 cm³/mol. The number of hydrogen-bond acceptors (Lipinski definition) is 8. The predicted octanol–water partition coefficient (Wildman–Crippen LogP) is 3.90. The van der Waals surface area contributed by atoms with Crippen LogP contribution in [0.15, 0.2) is 30.3 Å². The summed E-state index contributed by atoms with van der Waals surface area (Å²) < 4.78 is 12.0. The van der Waals surface area contributed by atoms with E-state index in [1.165, 1.54) is 0 Å². The quantitative estimate of drug-likeness (QED) is 0.137. The third-order valence-corrected chi connectivity index (χ3v) is 11.1. The maximum absolute atomic E-state index is 14.2. The number of aliphatic carboxylic acids is 1. The molecule has 0 saturated carbocycles. The highest BCUT2D eigenvalue weighted by molar-refractivity contribution is 7.80. The van der Waals surface area contributed by atoms with Crippen molar-refractivity contribution in [2.75, 3.05) is 34.9 Å². The molecule has 1 aromatic rings. The summed E-state index contributed by atoms with van der Waals surface area (Å²) in [5.74, 6) is -2.13. The molecule has 2 rings (SSSR count). The van der Waals surface area contributed by atoms with Crippen molar-refractivity contribution in [3.05, 3.63) is 35.9 Å². The number of carboxylic acid groups (broad SMARTS) is 1. The minimum absolute atomic E-state index is 0.0152. The van der Waals surface area contributed by atoms with Gasteiger partial charge in [0, 0.05) is 40.2 Å². The Kier molecular flexibility index (Phi) is 18.7. The van der Waals surface area contributed by atoms with Crippen molar-refractivity contribution in [1.82, 2.24) is 25.8 Å². The number of hydrogen-bond donors (Lipinski definition) is 4. The first-order chi connectivity index (χ1) is 24.5. The molecule has 1 saturated heterocycles. The van der Waals surface area contributed by atoms with Gasteiger partial charge in [-0.2, -0.15) is 0 Å². The topological polar surface area (TPSA) is 150 Å². The maximum Gasteiger partial charge on any atom is 0.326 e. The highest BCUT2D eigenvalue weighted by Gasteiger charge is 2.42. The van der Waals surface area contributed by atoms with Gasteiger partial charge < -0.3 is 40.3 Å². The van der Waals surface area contributed by atoms with E-state index in [0.29, 0.717) is 18.0 Å². The highest BCUT2D eigenvalue weighted by atomic mass is 32.1. The zero-order valence-electron chi connectivity index (χ0n) is 33.2. The van der Waals surface area contributed by atoms with Gasteiger partial charge in [-0.1, -0.05) is 97.4 Å². The van der Waals surface area contributed by atoms with Gasteiger partial charge in [-0.05, 0) is 43.2 Å². The van der Waals surface area contributed by atoms with Crippen LogP contribution in [0.4, 0.5) is 0 Å². The number of nitrogens with zero attached hydrogens (tertiary/aromatic N) is 2. The van der Waals surface area contributed by atoms with Crippen LogP contribution in [-0.2, 0) is 35.1 Å². The zero-order chi connectivity index (χ0) is 39.3. The van der Waals surface area contributed by atoms with Crippen molar-refractivity contribution >= 4 is 40.9 Å². The lowest BCUT2D eigenvalue weighted by Crippen LogP contribution is -2.59. The molecule has 294 valence electrons. The fraction of sp³-hybridized carbons (Fsp3) is 0.718. The molecule has 1 aromatic carbocycles. The van der Waals surface area contributed by atoms with E-state index in [2.05, 4.69) is 16.0 Å². The highest BCUT2D eigenvalue weighted by Crippen LogP contribution is 2.30. The first kappa shape index (κ1) is 45.0. The van der Waals surface area contributed by atoms with Crippen LogP contribution < -0.4 is 16.0 Å². The molecule has 52 heavy (non-hydrogen) atoms. The average molecular weight is 748 g/mol. The standard InChI is InChI=1S/C39H65N5O7S/c1-12-25(6)34(43(9)38(47)33(24(4)5)42-36(46)32(40-8)23(2)3)30(50-10)22-31(45)44-20-16-19-29(44)35(51-11)26(7)37(52)41-28(39(48)49)21-27-17-14-13-15-18-27/h13-15,17-18,23-26,28-30,32-35,40H,12,16,19-22H2,1-11H3,(H,41,52)(H,42,46)(H,48,49)/t25-,26?,28-,29-,30+,32-,33-,34-,35+/m0/s1. The molecule has 1 unspecified atom stereocenters. The van der Waals surface area contributed by atoms with E-state index in [1.807, 2.05) is 83.7 Å². The monoisotopic (exact) mass is 747 g/mol. The van der Waals surface area contributed by atoms with Gasteiger partial charge >= 0.3 is 5.97 Å². The van der Waals surface area contributed by atoms with Crippen LogP contribution in [0.1, 0.15) is 79.7 Å². The molecule has 3 amide bonds. The molecule has 0 spiro atoms. The molecule has 9 atom stereocenters. The molecule has 0 bridgehead atoms. The normalized spacial score (nSPS) is 19.2. The first-order valence-corrected chi connectivity index (χ1v) is 19.1. The Labute approximate surface area is 317 Å². The summed E-state index contributed by atoms with van der Waals surface area (Å²) in [5, 5.41) is 19.0. The summed E-state index contributed by atoms with van der Waals surface area (Å²) in [6.07, 6.45) is 1.44. The van der Waals surface area contributed by atoms with Gasteiger partial charge in [-0.3, -0.25) is 14.4 Å². The van der Waals surface area contributed by atoms with E-state index in [1.54, 1.807) is 33.2 Å². The van der Waals surface area contributed by atoms with Crippen molar-refractivity contribution in [3.63, 3.8) is 0 Å². The molecule has 12 nitrogen and oxygen atoms in total. The smallest absolute Gasteiger partial charge is 0.326 e. The van der Waals surface area contributed by atoms with Crippen molar-refractivity contribution in [2.24, 2.45) is 23.7 Å². The van der Waals surface area contributed by atoms with Crippen LogP contribution in [-0.4, -0.2) is 121 Å². The Balaban J connectivity index is 2.26. The van der Waals surface area contributed by atoms with Gasteiger partial charge in [0.25, 0.3) is 0 Å². The van der Waals surface area contributed by atoms with Gasteiger partial charge in [0.2, 0.25) is 17.7 Å². The summed E-state index contributed by atoms with van der Waals surface area (Å²) in [5.41, 5.74) is 0.877. The van der Waals surface area contributed by atoms with Crippen LogP contribution in [0.3, 0.4) is 0 Å². The number of benzene rings is 1. The zero-order valence-corrected chi connectivity index (χ0v) is 34.0.